The summed E-state index contributed by atoms with van der Waals surface area (Å²) in [5.41, 5.74) is 0. The third kappa shape index (κ3) is 3.45. The van der Waals surface area contributed by atoms with Gasteiger partial charge in [-0.2, -0.15) is 15.0 Å². The maximum atomic E-state index is 5.16. The smallest absolute Gasteiger partial charge is 0.322 e. The SMILES string of the molecule is CCCNc1nc(OC)nc(N2CCC(CC)C2)n1. The summed E-state index contributed by atoms with van der Waals surface area (Å²) in [7, 11) is 1.58. The van der Waals surface area contributed by atoms with Gasteiger partial charge in [-0.05, 0) is 18.8 Å². The number of nitrogens with one attached hydrogen (secondary N) is 1. The predicted octanol–water partition coefficient (Wildman–Crippen LogP) is 1.94. The highest BCUT2D eigenvalue weighted by Crippen LogP contribution is 2.24. The molecule has 0 saturated carbocycles. The van der Waals surface area contributed by atoms with Crippen molar-refractivity contribution in [2.45, 2.75) is 33.1 Å². The van der Waals surface area contributed by atoms with Crippen LogP contribution in [0.25, 0.3) is 0 Å². The molecule has 106 valence electrons. The summed E-state index contributed by atoms with van der Waals surface area (Å²) < 4.78 is 5.16. The van der Waals surface area contributed by atoms with Crippen LogP contribution >= 0.6 is 0 Å². The Hall–Kier alpha value is -1.59. The third-order valence-electron chi connectivity index (χ3n) is 3.46. The molecule has 6 heteroatoms. The number of nitrogens with zero attached hydrogens (tertiary/aromatic N) is 4. The zero-order chi connectivity index (χ0) is 13.7. The molecule has 0 spiro atoms. The van der Waals surface area contributed by atoms with Crippen molar-refractivity contribution in [3.8, 4) is 6.01 Å². The van der Waals surface area contributed by atoms with Gasteiger partial charge in [0, 0.05) is 19.6 Å². The molecule has 1 saturated heterocycles. The van der Waals surface area contributed by atoms with E-state index >= 15 is 0 Å². The molecule has 0 amide bonds. The van der Waals surface area contributed by atoms with Gasteiger partial charge < -0.3 is 15.0 Å². The number of hydrogen-bond donors (Lipinski definition) is 1. The summed E-state index contributed by atoms with van der Waals surface area (Å²) in [6.45, 7) is 7.23. The summed E-state index contributed by atoms with van der Waals surface area (Å²) in [5.74, 6) is 2.07. The van der Waals surface area contributed by atoms with Crippen molar-refractivity contribution in [3.63, 3.8) is 0 Å². The van der Waals surface area contributed by atoms with E-state index in [-0.39, 0.29) is 0 Å². The highest BCUT2D eigenvalue weighted by molar-refractivity contribution is 5.39. The van der Waals surface area contributed by atoms with Gasteiger partial charge in [-0.3, -0.25) is 0 Å². The van der Waals surface area contributed by atoms with Crippen molar-refractivity contribution in [1.82, 2.24) is 15.0 Å². The summed E-state index contributed by atoms with van der Waals surface area (Å²) >= 11 is 0. The maximum Gasteiger partial charge on any atom is 0.322 e. The van der Waals surface area contributed by atoms with Crippen LogP contribution in [0.2, 0.25) is 0 Å². The van der Waals surface area contributed by atoms with Gasteiger partial charge in [0.2, 0.25) is 11.9 Å². The molecule has 19 heavy (non-hydrogen) atoms. The Morgan fingerprint density at radius 3 is 2.79 bits per heavy atom. The first kappa shape index (κ1) is 13.8. The Morgan fingerprint density at radius 2 is 2.16 bits per heavy atom. The molecule has 2 rings (SSSR count). The van der Waals surface area contributed by atoms with E-state index in [2.05, 4.69) is 39.0 Å². The molecule has 1 fully saturated rings. The molecule has 1 aliphatic heterocycles. The van der Waals surface area contributed by atoms with Crippen LogP contribution in [0.4, 0.5) is 11.9 Å². The summed E-state index contributed by atoms with van der Waals surface area (Å²) in [6.07, 6.45) is 3.45. The average molecular weight is 265 g/mol. The summed E-state index contributed by atoms with van der Waals surface area (Å²) in [4.78, 5) is 15.3. The molecule has 1 aliphatic rings. The van der Waals surface area contributed by atoms with Gasteiger partial charge >= 0.3 is 6.01 Å². The van der Waals surface area contributed by atoms with E-state index in [9.17, 15) is 0 Å². The summed E-state index contributed by atoms with van der Waals surface area (Å²) in [6, 6.07) is 0.378. The molecule has 1 atom stereocenters. The Morgan fingerprint density at radius 1 is 1.32 bits per heavy atom. The van der Waals surface area contributed by atoms with Gasteiger partial charge in [0.15, 0.2) is 0 Å². The minimum atomic E-state index is 0.378. The van der Waals surface area contributed by atoms with Gasteiger partial charge in [-0.1, -0.05) is 20.3 Å². The molecule has 0 radical (unpaired) electrons. The van der Waals surface area contributed by atoms with Crippen molar-refractivity contribution in [3.05, 3.63) is 0 Å². The standard InChI is InChI=1S/C13H23N5O/c1-4-7-14-11-15-12(17-13(16-11)19-3)18-8-6-10(5-2)9-18/h10H,4-9H2,1-3H3,(H,14,15,16,17). The minimum absolute atomic E-state index is 0.378. The van der Waals surface area contributed by atoms with E-state index in [1.165, 1.54) is 12.8 Å². The Labute approximate surface area is 114 Å². The van der Waals surface area contributed by atoms with Crippen LogP contribution in [0.5, 0.6) is 6.01 Å². The quantitative estimate of drug-likeness (QED) is 0.848. The Bertz CT molecular complexity index is 412. The first-order chi connectivity index (χ1) is 9.26. The minimum Gasteiger partial charge on any atom is -0.467 e. The van der Waals surface area contributed by atoms with Crippen LogP contribution in [-0.4, -0.2) is 41.7 Å². The number of ether oxygens (including phenoxy) is 1. The van der Waals surface area contributed by atoms with Crippen molar-refractivity contribution >= 4 is 11.9 Å². The van der Waals surface area contributed by atoms with Crippen LogP contribution in [0.1, 0.15) is 33.1 Å². The highest BCUT2D eigenvalue weighted by atomic mass is 16.5. The lowest BCUT2D eigenvalue weighted by molar-refractivity contribution is 0.378. The molecule has 1 N–H and O–H groups in total. The molecule has 1 unspecified atom stereocenters. The van der Waals surface area contributed by atoms with E-state index in [1.807, 2.05) is 0 Å². The van der Waals surface area contributed by atoms with Crippen molar-refractivity contribution < 1.29 is 4.74 Å². The van der Waals surface area contributed by atoms with E-state index in [0.717, 1.165) is 37.9 Å². The maximum absolute atomic E-state index is 5.16. The molecule has 1 aromatic heterocycles. The Balaban J connectivity index is 2.14. The molecule has 0 aromatic carbocycles. The topological polar surface area (TPSA) is 63.2 Å². The van der Waals surface area contributed by atoms with Crippen LogP contribution in [0.15, 0.2) is 0 Å². The fourth-order valence-electron chi connectivity index (χ4n) is 2.24. The van der Waals surface area contributed by atoms with E-state index < -0.39 is 0 Å². The number of hydrogen-bond acceptors (Lipinski definition) is 6. The van der Waals surface area contributed by atoms with Crippen LogP contribution in [-0.2, 0) is 0 Å². The zero-order valence-corrected chi connectivity index (χ0v) is 12.0. The lowest BCUT2D eigenvalue weighted by Crippen LogP contribution is -2.23. The molecule has 0 aliphatic carbocycles. The second-order valence-electron chi connectivity index (χ2n) is 4.88. The van der Waals surface area contributed by atoms with Crippen molar-refractivity contribution in [2.75, 3.05) is 37.0 Å². The number of rotatable bonds is 6. The predicted molar refractivity (Wildman–Crippen MR) is 75.8 cm³/mol. The molecule has 6 nitrogen and oxygen atoms in total. The summed E-state index contributed by atoms with van der Waals surface area (Å²) in [5, 5.41) is 3.19. The lowest BCUT2D eigenvalue weighted by atomic mass is 10.1. The van der Waals surface area contributed by atoms with Crippen molar-refractivity contribution in [1.29, 1.82) is 0 Å². The average Bonchev–Trinajstić information content (AvgIpc) is 2.93. The monoisotopic (exact) mass is 265 g/mol. The van der Waals surface area contributed by atoms with Gasteiger partial charge in [0.25, 0.3) is 0 Å². The van der Waals surface area contributed by atoms with E-state index in [0.29, 0.717) is 12.0 Å². The molecule has 0 bridgehead atoms. The fraction of sp³-hybridized carbons (Fsp3) is 0.769. The first-order valence-corrected chi connectivity index (χ1v) is 7.05. The normalized spacial score (nSPS) is 18.7. The third-order valence-corrected chi connectivity index (χ3v) is 3.46. The number of aromatic nitrogens is 3. The number of methoxy groups -OCH3 is 1. The van der Waals surface area contributed by atoms with Gasteiger partial charge in [-0.25, -0.2) is 0 Å². The molecular formula is C13H23N5O. The highest BCUT2D eigenvalue weighted by Gasteiger charge is 2.24. The largest absolute Gasteiger partial charge is 0.467 e. The number of anilines is 2. The second-order valence-corrected chi connectivity index (χ2v) is 4.88. The van der Waals surface area contributed by atoms with Crippen LogP contribution in [0.3, 0.4) is 0 Å². The van der Waals surface area contributed by atoms with Gasteiger partial charge in [-0.15, -0.1) is 0 Å². The first-order valence-electron chi connectivity index (χ1n) is 7.05. The van der Waals surface area contributed by atoms with Crippen LogP contribution in [0, 0.1) is 5.92 Å². The van der Waals surface area contributed by atoms with E-state index in [4.69, 9.17) is 4.74 Å². The Kier molecular flexibility index (Phi) is 4.76. The van der Waals surface area contributed by atoms with Crippen molar-refractivity contribution in [2.24, 2.45) is 5.92 Å². The van der Waals surface area contributed by atoms with Gasteiger partial charge in [0.1, 0.15) is 0 Å². The lowest BCUT2D eigenvalue weighted by Gasteiger charge is -2.17. The molecular weight excluding hydrogens is 242 g/mol. The van der Waals surface area contributed by atoms with Gasteiger partial charge in [0.05, 0.1) is 7.11 Å². The fourth-order valence-corrected chi connectivity index (χ4v) is 2.24. The molecule has 1 aromatic rings. The van der Waals surface area contributed by atoms with Crippen LogP contribution < -0.4 is 15.0 Å². The zero-order valence-electron chi connectivity index (χ0n) is 12.0. The van der Waals surface area contributed by atoms with E-state index in [1.54, 1.807) is 7.11 Å². The molecule has 2 heterocycles. The second kappa shape index (κ2) is 6.54.